The number of aromatic nitrogens is 1. The van der Waals surface area contributed by atoms with Gasteiger partial charge in [0.15, 0.2) is 0 Å². The molecule has 3 rings (SSSR count). The minimum atomic E-state index is -0.161. The van der Waals surface area contributed by atoms with E-state index in [1.807, 2.05) is 17.7 Å². The summed E-state index contributed by atoms with van der Waals surface area (Å²) in [6, 6.07) is 5.71. The first-order valence-electron chi connectivity index (χ1n) is 7.00. The van der Waals surface area contributed by atoms with Crippen LogP contribution in [0.3, 0.4) is 0 Å². The lowest BCUT2D eigenvalue weighted by molar-refractivity contribution is 0.278. The van der Waals surface area contributed by atoms with Gasteiger partial charge in [-0.2, -0.15) is 0 Å². The Hall–Kier alpha value is -1.35. The van der Waals surface area contributed by atoms with Gasteiger partial charge in [-0.1, -0.05) is 6.92 Å². The Morgan fingerprint density at radius 2 is 2.11 bits per heavy atom. The first-order valence-corrected chi connectivity index (χ1v) is 7.00. The molecule has 2 aromatic rings. The van der Waals surface area contributed by atoms with Gasteiger partial charge in [0, 0.05) is 24.7 Å². The number of aryl methyl sites for hydroxylation is 1. The average Bonchev–Trinajstić information content (AvgIpc) is 2.85. The third-order valence-corrected chi connectivity index (χ3v) is 4.62. The van der Waals surface area contributed by atoms with Crippen LogP contribution in [0.5, 0.6) is 0 Å². The maximum Gasteiger partial charge on any atom is 0.125 e. The van der Waals surface area contributed by atoms with Gasteiger partial charge in [-0.15, -0.1) is 0 Å². The Balaban J connectivity index is 1.97. The fourth-order valence-corrected chi connectivity index (χ4v) is 3.39. The minimum absolute atomic E-state index is 0.161. The largest absolute Gasteiger partial charge is 0.350 e. The quantitative estimate of drug-likeness (QED) is 0.805. The third-order valence-electron chi connectivity index (χ3n) is 4.62. The van der Waals surface area contributed by atoms with Gasteiger partial charge in [0.25, 0.3) is 0 Å². The number of likely N-dealkylation sites (tertiary alicyclic amines) is 1. The normalized spacial score (nSPS) is 24.4. The van der Waals surface area contributed by atoms with Crippen molar-refractivity contribution in [3.63, 3.8) is 0 Å². The zero-order valence-electron chi connectivity index (χ0n) is 11.9. The van der Waals surface area contributed by atoms with Gasteiger partial charge in [0.1, 0.15) is 5.82 Å². The van der Waals surface area contributed by atoms with Crippen molar-refractivity contribution in [1.82, 2.24) is 9.47 Å². The summed E-state index contributed by atoms with van der Waals surface area (Å²) in [6.07, 6.45) is 4.49. The van der Waals surface area contributed by atoms with Crippen molar-refractivity contribution in [2.75, 3.05) is 13.6 Å². The topological polar surface area (TPSA) is 8.17 Å². The van der Waals surface area contributed by atoms with E-state index in [-0.39, 0.29) is 5.82 Å². The SMILES string of the molecule is C[C@H]1CCN(C)C1Cc1cn(C)c2cc(F)ccc12. The molecule has 1 fully saturated rings. The van der Waals surface area contributed by atoms with Crippen LogP contribution in [0.4, 0.5) is 4.39 Å². The van der Waals surface area contributed by atoms with Gasteiger partial charge in [-0.25, -0.2) is 4.39 Å². The standard InChI is InChI=1S/C16H21FN2/c1-11-6-7-18(2)15(11)8-12-10-19(3)16-9-13(17)4-5-14(12)16/h4-5,9-11,15H,6-8H2,1-3H3/t11-,15?/m0/s1. The van der Waals surface area contributed by atoms with Crippen LogP contribution in [-0.4, -0.2) is 29.1 Å². The summed E-state index contributed by atoms with van der Waals surface area (Å²) >= 11 is 0. The van der Waals surface area contributed by atoms with E-state index < -0.39 is 0 Å². The Morgan fingerprint density at radius 1 is 1.32 bits per heavy atom. The Labute approximate surface area is 113 Å². The molecule has 0 aliphatic carbocycles. The summed E-state index contributed by atoms with van der Waals surface area (Å²) in [7, 11) is 4.20. The molecule has 2 nitrogen and oxygen atoms in total. The molecule has 2 heterocycles. The highest BCUT2D eigenvalue weighted by Gasteiger charge is 2.29. The number of hydrogen-bond acceptors (Lipinski definition) is 1. The van der Waals surface area contributed by atoms with Crippen molar-refractivity contribution in [1.29, 1.82) is 0 Å². The number of likely N-dealkylation sites (N-methyl/N-ethyl adjacent to an activating group) is 1. The van der Waals surface area contributed by atoms with E-state index >= 15 is 0 Å². The first-order chi connectivity index (χ1) is 9.06. The molecule has 0 bridgehead atoms. The average molecular weight is 260 g/mol. The lowest BCUT2D eigenvalue weighted by atomic mass is 9.96. The predicted octanol–water partition coefficient (Wildman–Crippen LogP) is 3.20. The zero-order chi connectivity index (χ0) is 13.6. The van der Waals surface area contributed by atoms with Gasteiger partial charge in [-0.05, 0) is 56.1 Å². The number of nitrogens with zero attached hydrogens (tertiary/aromatic N) is 2. The van der Waals surface area contributed by atoms with Crippen LogP contribution < -0.4 is 0 Å². The second kappa shape index (κ2) is 4.64. The monoisotopic (exact) mass is 260 g/mol. The molecular weight excluding hydrogens is 239 g/mol. The molecular formula is C16H21FN2. The van der Waals surface area contributed by atoms with Crippen molar-refractivity contribution in [3.05, 3.63) is 35.8 Å². The van der Waals surface area contributed by atoms with Gasteiger partial charge in [-0.3, -0.25) is 0 Å². The highest BCUT2D eigenvalue weighted by atomic mass is 19.1. The van der Waals surface area contributed by atoms with E-state index in [1.165, 1.54) is 23.9 Å². The van der Waals surface area contributed by atoms with Crippen LogP contribution in [0.15, 0.2) is 24.4 Å². The van der Waals surface area contributed by atoms with Crippen LogP contribution in [0, 0.1) is 11.7 Å². The fourth-order valence-electron chi connectivity index (χ4n) is 3.39. The second-order valence-electron chi connectivity index (χ2n) is 5.94. The molecule has 1 aliphatic rings. The summed E-state index contributed by atoms with van der Waals surface area (Å²) in [4.78, 5) is 2.45. The summed E-state index contributed by atoms with van der Waals surface area (Å²) < 4.78 is 15.4. The molecule has 0 spiro atoms. The molecule has 1 saturated heterocycles. The van der Waals surface area contributed by atoms with Gasteiger partial charge in [0.2, 0.25) is 0 Å². The van der Waals surface area contributed by atoms with E-state index in [0.29, 0.717) is 6.04 Å². The molecule has 1 unspecified atom stereocenters. The molecule has 0 N–H and O–H groups in total. The molecule has 1 aromatic heterocycles. The summed E-state index contributed by atoms with van der Waals surface area (Å²) in [5.41, 5.74) is 2.33. The summed E-state index contributed by atoms with van der Waals surface area (Å²) in [5.74, 6) is 0.576. The molecule has 1 aromatic carbocycles. The summed E-state index contributed by atoms with van der Waals surface area (Å²) in [5, 5.41) is 1.19. The molecule has 0 saturated carbocycles. The van der Waals surface area contributed by atoms with Crippen molar-refractivity contribution in [3.8, 4) is 0 Å². The number of rotatable bonds is 2. The van der Waals surface area contributed by atoms with Crippen LogP contribution in [-0.2, 0) is 13.5 Å². The van der Waals surface area contributed by atoms with Crippen molar-refractivity contribution in [2.24, 2.45) is 13.0 Å². The predicted molar refractivity (Wildman–Crippen MR) is 76.8 cm³/mol. The van der Waals surface area contributed by atoms with Crippen LogP contribution in [0.2, 0.25) is 0 Å². The Bertz CT molecular complexity index is 592. The number of fused-ring (bicyclic) bond motifs is 1. The van der Waals surface area contributed by atoms with E-state index in [0.717, 1.165) is 17.9 Å². The smallest absolute Gasteiger partial charge is 0.125 e. The number of halogens is 1. The fraction of sp³-hybridized carbons (Fsp3) is 0.500. The number of hydrogen-bond donors (Lipinski definition) is 0. The van der Waals surface area contributed by atoms with Crippen LogP contribution in [0.1, 0.15) is 18.9 Å². The molecule has 1 aliphatic heterocycles. The van der Waals surface area contributed by atoms with Crippen molar-refractivity contribution in [2.45, 2.75) is 25.8 Å². The zero-order valence-corrected chi connectivity index (χ0v) is 11.9. The molecule has 2 atom stereocenters. The lowest BCUT2D eigenvalue weighted by Crippen LogP contribution is -2.30. The molecule has 3 heteroatoms. The summed E-state index contributed by atoms with van der Waals surface area (Å²) in [6.45, 7) is 3.52. The molecule has 19 heavy (non-hydrogen) atoms. The third kappa shape index (κ3) is 2.16. The Kier molecular flexibility index (Phi) is 3.09. The van der Waals surface area contributed by atoms with Gasteiger partial charge >= 0.3 is 0 Å². The molecule has 0 amide bonds. The van der Waals surface area contributed by atoms with Gasteiger partial charge in [0.05, 0.1) is 5.52 Å². The van der Waals surface area contributed by atoms with E-state index in [2.05, 4.69) is 25.1 Å². The van der Waals surface area contributed by atoms with Crippen LogP contribution in [0.25, 0.3) is 10.9 Å². The molecule has 0 radical (unpaired) electrons. The van der Waals surface area contributed by atoms with Crippen LogP contribution >= 0.6 is 0 Å². The first kappa shape index (κ1) is 12.7. The van der Waals surface area contributed by atoms with E-state index in [1.54, 1.807) is 12.1 Å². The highest BCUT2D eigenvalue weighted by molar-refractivity contribution is 5.84. The maximum absolute atomic E-state index is 13.3. The highest BCUT2D eigenvalue weighted by Crippen LogP contribution is 2.29. The van der Waals surface area contributed by atoms with E-state index in [9.17, 15) is 4.39 Å². The number of benzene rings is 1. The van der Waals surface area contributed by atoms with E-state index in [4.69, 9.17) is 0 Å². The van der Waals surface area contributed by atoms with Crippen molar-refractivity contribution >= 4 is 10.9 Å². The second-order valence-corrected chi connectivity index (χ2v) is 5.94. The molecule has 102 valence electrons. The van der Waals surface area contributed by atoms with Crippen molar-refractivity contribution < 1.29 is 4.39 Å². The lowest BCUT2D eigenvalue weighted by Gasteiger charge is -2.22. The Morgan fingerprint density at radius 3 is 2.79 bits per heavy atom. The minimum Gasteiger partial charge on any atom is -0.350 e. The van der Waals surface area contributed by atoms with Gasteiger partial charge < -0.3 is 9.47 Å². The maximum atomic E-state index is 13.3.